The molecule has 10 heteroatoms. The molecule has 0 aliphatic rings. The molecule has 0 fully saturated rings. The van der Waals surface area contributed by atoms with Gasteiger partial charge in [-0.2, -0.15) is 0 Å². The van der Waals surface area contributed by atoms with E-state index in [1.807, 2.05) is 4.91 Å². The van der Waals surface area contributed by atoms with Gasteiger partial charge in [0.05, 0.1) is 6.61 Å². The highest BCUT2D eigenvalue weighted by Gasteiger charge is 2.29. The van der Waals surface area contributed by atoms with Crippen molar-refractivity contribution in [2.24, 2.45) is 5.11 Å². The number of aliphatic hydroxyl groups excluding tert-OH is 1. The van der Waals surface area contributed by atoms with Crippen molar-refractivity contribution in [2.75, 3.05) is 13.2 Å². The van der Waals surface area contributed by atoms with Crippen LogP contribution in [0.25, 0.3) is 10.4 Å². The van der Waals surface area contributed by atoms with Gasteiger partial charge < -0.3 is 9.84 Å². The van der Waals surface area contributed by atoms with E-state index < -0.39 is 53.7 Å². The maximum atomic E-state index is 13.4. The molecule has 1 rings (SSSR count). The topological polar surface area (TPSA) is 95.3 Å². The molecule has 1 N–H and O–H groups in total. The summed E-state index contributed by atoms with van der Waals surface area (Å²) in [5, 5.41) is 10.8. The molecule has 0 aliphatic carbocycles. The average molecular weight is 279 g/mol. The Morgan fingerprint density at radius 1 is 1.21 bits per heavy atom. The number of aliphatic hydroxyl groups is 1. The summed E-state index contributed by atoms with van der Waals surface area (Å²) in [5.41, 5.74) is 4.86. The zero-order valence-corrected chi connectivity index (χ0v) is 9.03. The maximum absolute atomic E-state index is 13.4. The number of rotatable bonds is 4. The standard InChI is InChI=1S/C9H5F4N3O3/c10-4-3(9(18)19-2-1-17)5(11)7(13)8(6(4)12)15-16-14/h17H,1-2H2. The van der Waals surface area contributed by atoms with Crippen molar-refractivity contribution < 1.29 is 32.2 Å². The lowest BCUT2D eigenvalue weighted by atomic mass is 10.1. The van der Waals surface area contributed by atoms with E-state index in [2.05, 4.69) is 9.85 Å². The third kappa shape index (κ3) is 2.75. The minimum atomic E-state index is -2.05. The Morgan fingerprint density at radius 3 is 2.16 bits per heavy atom. The molecule has 0 aliphatic heterocycles. The van der Waals surface area contributed by atoms with Crippen LogP contribution in [0.3, 0.4) is 0 Å². The molecular formula is C9H5F4N3O3. The summed E-state index contributed by atoms with van der Waals surface area (Å²) in [5.74, 6) is -9.84. The molecule has 0 amide bonds. The van der Waals surface area contributed by atoms with Crippen LogP contribution in [0.5, 0.6) is 0 Å². The Bertz CT molecular complexity index is 543. The number of halogens is 4. The SMILES string of the molecule is [N-]=[N+]=Nc1c(F)c(F)c(C(=O)OCCO)c(F)c1F. The average Bonchev–Trinajstić information content (AvgIpc) is 2.39. The molecule has 0 bridgehead atoms. The van der Waals surface area contributed by atoms with E-state index in [-0.39, 0.29) is 0 Å². The molecule has 0 atom stereocenters. The maximum Gasteiger partial charge on any atom is 0.344 e. The van der Waals surface area contributed by atoms with Crippen LogP contribution in [0, 0.1) is 23.3 Å². The van der Waals surface area contributed by atoms with Crippen LogP contribution in [0.1, 0.15) is 10.4 Å². The first-order chi connectivity index (χ1) is 8.95. The molecule has 19 heavy (non-hydrogen) atoms. The number of carbonyl (C=O) groups is 1. The van der Waals surface area contributed by atoms with Crippen molar-refractivity contribution in [1.29, 1.82) is 0 Å². The van der Waals surface area contributed by atoms with E-state index in [1.54, 1.807) is 0 Å². The van der Waals surface area contributed by atoms with Crippen LogP contribution < -0.4 is 0 Å². The molecule has 0 saturated heterocycles. The fourth-order valence-electron chi connectivity index (χ4n) is 1.14. The molecule has 0 radical (unpaired) electrons. The van der Waals surface area contributed by atoms with Crippen molar-refractivity contribution in [1.82, 2.24) is 0 Å². The highest BCUT2D eigenvalue weighted by Crippen LogP contribution is 2.30. The van der Waals surface area contributed by atoms with Gasteiger partial charge in [0.25, 0.3) is 0 Å². The minimum Gasteiger partial charge on any atom is -0.459 e. The Balaban J connectivity index is 3.43. The van der Waals surface area contributed by atoms with Crippen molar-refractivity contribution in [2.45, 2.75) is 0 Å². The number of hydrogen-bond donors (Lipinski definition) is 1. The number of azide groups is 1. The third-order valence-electron chi connectivity index (χ3n) is 1.91. The molecule has 0 unspecified atom stereocenters. The van der Waals surface area contributed by atoms with Crippen LogP contribution in [0.2, 0.25) is 0 Å². The Morgan fingerprint density at radius 2 is 1.74 bits per heavy atom. The first-order valence-electron chi connectivity index (χ1n) is 4.64. The number of hydrogen-bond acceptors (Lipinski definition) is 4. The molecule has 0 aromatic heterocycles. The Labute approximate surface area is 102 Å². The van der Waals surface area contributed by atoms with E-state index in [9.17, 15) is 22.4 Å². The van der Waals surface area contributed by atoms with Gasteiger partial charge in [0.1, 0.15) is 17.9 Å². The normalized spacial score (nSPS) is 9.95. The molecule has 0 spiro atoms. The number of carbonyl (C=O) groups excluding carboxylic acids is 1. The minimum absolute atomic E-state index is 0.612. The highest BCUT2D eigenvalue weighted by molar-refractivity contribution is 5.90. The van der Waals surface area contributed by atoms with Gasteiger partial charge in [-0.15, -0.1) is 0 Å². The molecule has 0 saturated carbocycles. The van der Waals surface area contributed by atoms with Crippen LogP contribution in [-0.4, -0.2) is 24.3 Å². The van der Waals surface area contributed by atoms with E-state index >= 15 is 0 Å². The summed E-state index contributed by atoms with van der Waals surface area (Å²) in [6.45, 7) is -1.25. The van der Waals surface area contributed by atoms with Gasteiger partial charge in [-0.05, 0) is 5.53 Å². The van der Waals surface area contributed by atoms with Crippen LogP contribution >= 0.6 is 0 Å². The zero-order chi connectivity index (χ0) is 14.6. The van der Waals surface area contributed by atoms with Gasteiger partial charge in [0.15, 0.2) is 23.3 Å². The van der Waals surface area contributed by atoms with Gasteiger partial charge in [-0.25, -0.2) is 22.4 Å². The quantitative estimate of drug-likeness (QED) is 0.229. The van der Waals surface area contributed by atoms with Crippen LogP contribution in [0.15, 0.2) is 5.11 Å². The summed E-state index contributed by atoms with van der Waals surface area (Å²) in [6, 6.07) is 0. The lowest BCUT2D eigenvalue weighted by molar-refractivity contribution is 0.0420. The van der Waals surface area contributed by atoms with Crippen LogP contribution in [-0.2, 0) is 4.74 Å². The molecule has 1 aromatic carbocycles. The van der Waals surface area contributed by atoms with Gasteiger partial charge >= 0.3 is 5.97 Å². The summed E-state index contributed by atoms with van der Waals surface area (Å²) in [6.07, 6.45) is 0. The van der Waals surface area contributed by atoms with Gasteiger partial charge in [-0.1, -0.05) is 5.11 Å². The summed E-state index contributed by atoms with van der Waals surface area (Å²) in [4.78, 5) is 13.2. The lowest BCUT2D eigenvalue weighted by Gasteiger charge is -2.08. The van der Waals surface area contributed by atoms with E-state index in [4.69, 9.17) is 10.6 Å². The number of nitrogens with zero attached hydrogens (tertiary/aromatic N) is 3. The fraction of sp³-hybridized carbons (Fsp3) is 0.222. The summed E-state index contributed by atoms with van der Waals surface area (Å²) >= 11 is 0. The number of esters is 1. The van der Waals surface area contributed by atoms with Crippen LogP contribution in [0.4, 0.5) is 23.2 Å². The Kier molecular flexibility index (Phi) is 4.67. The van der Waals surface area contributed by atoms with E-state index in [0.717, 1.165) is 0 Å². The van der Waals surface area contributed by atoms with Gasteiger partial charge in [0.2, 0.25) is 0 Å². The molecule has 1 aromatic rings. The van der Waals surface area contributed by atoms with Gasteiger partial charge in [-0.3, -0.25) is 0 Å². The monoisotopic (exact) mass is 279 g/mol. The van der Waals surface area contributed by atoms with E-state index in [1.165, 1.54) is 0 Å². The van der Waals surface area contributed by atoms with Crippen molar-refractivity contribution in [3.8, 4) is 0 Å². The number of benzene rings is 1. The summed E-state index contributed by atoms with van der Waals surface area (Å²) in [7, 11) is 0. The second-order valence-corrected chi connectivity index (χ2v) is 3.03. The smallest absolute Gasteiger partial charge is 0.344 e. The predicted octanol–water partition coefficient (Wildman–Crippen LogP) is 2.33. The molecular weight excluding hydrogens is 274 g/mol. The van der Waals surface area contributed by atoms with Crippen molar-refractivity contribution in [3.63, 3.8) is 0 Å². The van der Waals surface area contributed by atoms with E-state index in [0.29, 0.717) is 0 Å². The Hall–Kier alpha value is -2.32. The lowest BCUT2D eigenvalue weighted by Crippen LogP contribution is -2.15. The van der Waals surface area contributed by atoms with Crippen molar-refractivity contribution in [3.05, 3.63) is 39.3 Å². The van der Waals surface area contributed by atoms with Crippen molar-refractivity contribution >= 4 is 11.7 Å². The summed E-state index contributed by atoms with van der Waals surface area (Å²) < 4.78 is 57.4. The third-order valence-corrected chi connectivity index (χ3v) is 1.91. The zero-order valence-electron chi connectivity index (χ0n) is 9.03. The predicted molar refractivity (Wildman–Crippen MR) is 52.4 cm³/mol. The first kappa shape index (κ1) is 14.7. The second kappa shape index (κ2) is 6.03. The van der Waals surface area contributed by atoms with Gasteiger partial charge in [0, 0.05) is 4.91 Å². The molecule has 102 valence electrons. The molecule has 0 heterocycles. The molecule has 6 nitrogen and oxygen atoms in total. The second-order valence-electron chi connectivity index (χ2n) is 3.03. The number of ether oxygens (including phenoxy) is 1. The largest absolute Gasteiger partial charge is 0.459 e. The highest BCUT2D eigenvalue weighted by atomic mass is 19.2. The fourth-order valence-corrected chi connectivity index (χ4v) is 1.14. The first-order valence-corrected chi connectivity index (χ1v) is 4.64.